The van der Waals surface area contributed by atoms with Gasteiger partial charge in [-0.2, -0.15) is 0 Å². The van der Waals surface area contributed by atoms with E-state index in [0.717, 1.165) is 36.0 Å². The van der Waals surface area contributed by atoms with Crippen LogP contribution in [-0.2, 0) is 6.54 Å². The summed E-state index contributed by atoms with van der Waals surface area (Å²) < 4.78 is 0.974. The van der Waals surface area contributed by atoms with Crippen LogP contribution in [0.15, 0.2) is 22.7 Å². The maximum Gasteiger partial charge on any atom is 0.0695 e. The van der Waals surface area contributed by atoms with Crippen LogP contribution in [0.2, 0.25) is 0 Å². The number of benzene rings is 1. The van der Waals surface area contributed by atoms with Gasteiger partial charge >= 0.3 is 0 Å². The van der Waals surface area contributed by atoms with Crippen molar-refractivity contribution in [3.63, 3.8) is 0 Å². The molecule has 2 rings (SSSR count). The summed E-state index contributed by atoms with van der Waals surface area (Å²) in [5.74, 6) is 0. The van der Waals surface area contributed by atoms with Crippen molar-refractivity contribution in [2.45, 2.75) is 44.4 Å². The van der Waals surface area contributed by atoms with Crippen molar-refractivity contribution in [1.29, 1.82) is 0 Å². The molecule has 1 saturated carbocycles. The number of likely N-dealkylation sites (N-methyl/N-ethyl adjacent to an activating group) is 1. The molecule has 3 N–H and O–H groups in total. The van der Waals surface area contributed by atoms with Crippen molar-refractivity contribution >= 4 is 21.6 Å². The van der Waals surface area contributed by atoms with E-state index in [4.69, 9.17) is 5.73 Å². The quantitative estimate of drug-likeness (QED) is 0.844. The SMILES string of the molecule is CN(Cc1cccc(N)c1Br)C1CCCCC1O. The lowest BCUT2D eigenvalue weighted by molar-refractivity contribution is 0.0288. The molecule has 0 saturated heterocycles. The van der Waals surface area contributed by atoms with Gasteiger partial charge in [-0.1, -0.05) is 25.0 Å². The maximum atomic E-state index is 10.1. The van der Waals surface area contributed by atoms with Gasteiger partial charge in [0.25, 0.3) is 0 Å². The molecular weight excluding hydrogens is 292 g/mol. The van der Waals surface area contributed by atoms with Gasteiger partial charge in [0.2, 0.25) is 0 Å². The minimum Gasteiger partial charge on any atom is -0.398 e. The van der Waals surface area contributed by atoms with Crippen LogP contribution in [0, 0.1) is 0 Å². The fourth-order valence-corrected chi connectivity index (χ4v) is 3.10. The highest BCUT2D eigenvalue weighted by molar-refractivity contribution is 9.10. The normalized spacial score (nSPS) is 24.4. The van der Waals surface area contributed by atoms with Gasteiger partial charge in [-0.05, 0) is 47.4 Å². The first kappa shape index (κ1) is 13.8. The molecule has 0 bridgehead atoms. The number of hydrogen-bond donors (Lipinski definition) is 2. The lowest BCUT2D eigenvalue weighted by Gasteiger charge is -2.35. The minimum absolute atomic E-state index is 0.191. The molecule has 0 spiro atoms. The van der Waals surface area contributed by atoms with Crippen LogP contribution in [0.25, 0.3) is 0 Å². The van der Waals surface area contributed by atoms with Crippen molar-refractivity contribution < 1.29 is 5.11 Å². The average molecular weight is 313 g/mol. The summed E-state index contributed by atoms with van der Waals surface area (Å²) in [5.41, 5.74) is 7.83. The van der Waals surface area contributed by atoms with E-state index in [1.165, 1.54) is 12.0 Å². The molecule has 2 atom stereocenters. The molecule has 1 aromatic rings. The monoisotopic (exact) mass is 312 g/mol. The Morgan fingerprint density at radius 3 is 2.83 bits per heavy atom. The van der Waals surface area contributed by atoms with Crippen LogP contribution >= 0.6 is 15.9 Å². The maximum absolute atomic E-state index is 10.1. The van der Waals surface area contributed by atoms with E-state index in [2.05, 4.69) is 33.9 Å². The highest BCUT2D eigenvalue weighted by Crippen LogP contribution is 2.28. The molecule has 1 aliphatic rings. The molecule has 0 aromatic heterocycles. The number of aliphatic hydroxyl groups excluding tert-OH is 1. The van der Waals surface area contributed by atoms with E-state index in [0.29, 0.717) is 0 Å². The number of hydrogen-bond acceptors (Lipinski definition) is 3. The Morgan fingerprint density at radius 2 is 2.11 bits per heavy atom. The van der Waals surface area contributed by atoms with E-state index in [1.807, 2.05) is 12.1 Å². The summed E-state index contributed by atoms with van der Waals surface area (Å²) in [4.78, 5) is 2.24. The first-order chi connectivity index (χ1) is 8.59. The number of aliphatic hydroxyl groups is 1. The topological polar surface area (TPSA) is 49.5 Å². The first-order valence-electron chi connectivity index (χ1n) is 6.50. The summed E-state index contributed by atoms with van der Waals surface area (Å²) in [6, 6.07) is 6.21. The van der Waals surface area contributed by atoms with Crippen LogP contribution in [0.1, 0.15) is 31.2 Å². The van der Waals surface area contributed by atoms with Gasteiger partial charge < -0.3 is 10.8 Å². The number of nitrogen functional groups attached to an aromatic ring is 1. The smallest absolute Gasteiger partial charge is 0.0695 e. The average Bonchev–Trinajstić information content (AvgIpc) is 2.35. The number of rotatable bonds is 3. The zero-order valence-corrected chi connectivity index (χ0v) is 12.4. The molecule has 0 heterocycles. The molecule has 0 aliphatic heterocycles. The number of nitrogens with two attached hydrogens (primary N) is 1. The third-order valence-corrected chi connectivity index (χ3v) is 4.76. The molecule has 2 unspecified atom stereocenters. The van der Waals surface area contributed by atoms with Gasteiger partial charge in [0.05, 0.1) is 6.10 Å². The summed E-state index contributed by atoms with van der Waals surface area (Å²) in [7, 11) is 2.08. The Balaban J connectivity index is 2.06. The number of halogens is 1. The van der Waals surface area contributed by atoms with Crippen LogP contribution in [0.5, 0.6) is 0 Å². The highest BCUT2D eigenvalue weighted by Gasteiger charge is 2.26. The molecule has 1 aliphatic carbocycles. The molecule has 1 fully saturated rings. The summed E-state index contributed by atoms with van der Waals surface area (Å²) in [6.07, 6.45) is 4.17. The van der Waals surface area contributed by atoms with Gasteiger partial charge in [-0.3, -0.25) is 4.90 Å². The standard InChI is InChI=1S/C14H21BrN2O/c1-17(12-7-2-3-8-13(12)18)9-10-5-4-6-11(16)14(10)15/h4-6,12-13,18H,2-3,7-9,16H2,1H3. The van der Waals surface area contributed by atoms with Crippen LogP contribution < -0.4 is 5.73 Å². The van der Waals surface area contributed by atoms with Crippen molar-refractivity contribution in [3.05, 3.63) is 28.2 Å². The molecule has 0 amide bonds. The Hall–Kier alpha value is -0.580. The van der Waals surface area contributed by atoms with Gasteiger partial charge in [0, 0.05) is 22.7 Å². The largest absolute Gasteiger partial charge is 0.398 e. The second kappa shape index (κ2) is 6.04. The van der Waals surface area contributed by atoms with E-state index in [-0.39, 0.29) is 12.1 Å². The third-order valence-electron chi connectivity index (χ3n) is 3.79. The molecule has 3 nitrogen and oxygen atoms in total. The Kier molecular flexibility index (Phi) is 4.65. The van der Waals surface area contributed by atoms with E-state index < -0.39 is 0 Å². The van der Waals surface area contributed by atoms with Crippen molar-refractivity contribution in [2.24, 2.45) is 0 Å². The lowest BCUT2D eigenvalue weighted by Crippen LogP contribution is -2.42. The van der Waals surface area contributed by atoms with Gasteiger partial charge in [-0.15, -0.1) is 0 Å². The van der Waals surface area contributed by atoms with Gasteiger partial charge in [0.1, 0.15) is 0 Å². The zero-order chi connectivity index (χ0) is 13.1. The van der Waals surface area contributed by atoms with Crippen LogP contribution in [0.4, 0.5) is 5.69 Å². The predicted octanol–water partition coefficient (Wildman–Crippen LogP) is 2.77. The van der Waals surface area contributed by atoms with Crippen LogP contribution in [-0.4, -0.2) is 29.2 Å². The summed E-state index contributed by atoms with van der Waals surface area (Å²) in [5, 5.41) is 10.1. The first-order valence-corrected chi connectivity index (χ1v) is 7.30. The highest BCUT2D eigenvalue weighted by atomic mass is 79.9. The molecule has 100 valence electrons. The third kappa shape index (κ3) is 3.05. The second-order valence-electron chi connectivity index (χ2n) is 5.15. The summed E-state index contributed by atoms with van der Waals surface area (Å²) >= 11 is 3.53. The number of nitrogens with zero attached hydrogens (tertiary/aromatic N) is 1. The minimum atomic E-state index is -0.191. The molecule has 4 heteroatoms. The summed E-state index contributed by atoms with van der Waals surface area (Å²) in [6.45, 7) is 0.813. The van der Waals surface area contributed by atoms with Gasteiger partial charge in [-0.25, -0.2) is 0 Å². The van der Waals surface area contributed by atoms with Crippen molar-refractivity contribution in [3.8, 4) is 0 Å². The second-order valence-corrected chi connectivity index (χ2v) is 5.95. The van der Waals surface area contributed by atoms with Crippen molar-refractivity contribution in [2.75, 3.05) is 12.8 Å². The molecule has 1 aromatic carbocycles. The lowest BCUT2D eigenvalue weighted by atomic mass is 9.91. The molecule has 0 radical (unpaired) electrons. The Bertz CT molecular complexity index is 411. The van der Waals surface area contributed by atoms with Crippen LogP contribution in [0.3, 0.4) is 0 Å². The van der Waals surface area contributed by atoms with E-state index >= 15 is 0 Å². The zero-order valence-electron chi connectivity index (χ0n) is 10.8. The van der Waals surface area contributed by atoms with E-state index in [1.54, 1.807) is 0 Å². The fraction of sp³-hybridized carbons (Fsp3) is 0.571. The number of anilines is 1. The Morgan fingerprint density at radius 1 is 1.39 bits per heavy atom. The van der Waals surface area contributed by atoms with E-state index in [9.17, 15) is 5.11 Å². The fourth-order valence-electron chi connectivity index (χ4n) is 2.71. The molecular formula is C14H21BrN2O. The van der Waals surface area contributed by atoms with Gasteiger partial charge in [0.15, 0.2) is 0 Å². The Labute approximate surface area is 117 Å². The molecule has 18 heavy (non-hydrogen) atoms. The predicted molar refractivity (Wildman–Crippen MR) is 78.3 cm³/mol. The van der Waals surface area contributed by atoms with Crippen molar-refractivity contribution in [1.82, 2.24) is 4.90 Å².